The number of hydrogen-bond donors (Lipinski definition) is 1. The zero-order valence-electron chi connectivity index (χ0n) is 11.6. The largest absolute Gasteiger partial charge is 0.497 e. The lowest BCUT2D eigenvalue weighted by molar-refractivity contribution is 0.414. The molecule has 100 valence electrons. The van der Waals surface area contributed by atoms with E-state index in [4.69, 9.17) is 10.5 Å². The van der Waals surface area contributed by atoms with Gasteiger partial charge in [0.1, 0.15) is 5.75 Å². The first-order valence-corrected chi connectivity index (χ1v) is 6.56. The Morgan fingerprint density at radius 1 is 1.00 bits per heavy atom. The number of rotatable bonds is 5. The van der Waals surface area contributed by atoms with Crippen LogP contribution in [-0.4, -0.2) is 13.7 Å². The van der Waals surface area contributed by atoms with E-state index in [-0.39, 0.29) is 5.41 Å². The Kier molecular flexibility index (Phi) is 4.23. The van der Waals surface area contributed by atoms with Gasteiger partial charge in [-0.2, -0.15) is 0 Å². The van der Waals surface area contributed by atoms with Crippen molar-refractivity contribution in [2.45, 2.75) is 18.8 Å². The minimum atomic E-state index is -0.0319. The summed E-state index contributed by atoms with van der Waals surface area (Å²) in [6, 6.07) is 18.7. The van der Waals surface area contributed by atoms with Gasteiger partial charge in [-0.3, -0.25) is 0 Å². The van der Waals surface area contributed by atoms with Crippen LogP contribution in [0.4, 0.5) is 0 Å². The molecule has 0 fully saturated rings. The van der Waals surface area contributed by atoms with Crippen LogP contribution in [-0.2, 0) is 11.8 Å². The zero-order chi connectivity index (χ0) is 13.7. The van der Waals surface area contributed by atoms with E-state index in [2.05, 4.69) is 43.3 Å². The Hall–Kier alpha value is -1.80. The lowest BCUT2D eigenvalue weighted by atomic mass is 9.77. The zero-order valence-corrected chi connectivity index (χ0v) is 11.6. The number of benzene rings is 2. The molecule has 0 radical (unpaired) electrons. The maximum atomic E-state index is 6.02. The smallest absolute Gasteiger partial charge is 0.118 e. The van der Waals surface area contributed by atoms with E-state index in [1.165, 1.54) is 11.1 Å². The minimum absolute atomic E-state index is 0.0319. The van der Waals surface area contributed by atoms with E-state index in [0.717, 1.165) is 12.2 Å². The molecule has 2 N–H and O–H groups in total. The van der Waals surface area contributed by atoms with E-state index in [9.17, 15) is 0 Å². The van der Waals surface area contributed by atoms with E-state index in [1.807, 2.05) is 18.2 Å². The van der Waals surface area contributed by atoms with E-state index in [0.29, 0.717) is 6.54 Å². The van der Waals surface area contributed by atoms with Crippen molar-refractivity contribution in [3.8, 4) is 5.75 Å². The van der Waals surface area contributed by atoms with Crippen LogP contribution in [0.3, 0.4) is 0 Å². The third kappa shape index (κ3) is 3.15. The van der Waals surface area contributed by atoms with Crippen molar-refractivity contribution in [1.29, 1.82) is 0 Å². The Bertz CT molecular complexity index is 507. The average Bonchev–Trinajstić information content (AvgIpc) is 2.49. The highest BCUT2D eigenvalue weighted by Gasteiger charge is 2.25. The number of methoxy groups -OCH3 is 1. The maximum Gasteiger partial charge on any atom is 0.118 e. The third-order valence-corrected chi connectivity index (χ3v) is 3.67. The molecule has 0 spiro atoms. The quantitative estimate of drug-likeness (QED) is 0.890. The van der Waals surface area contributed by atoms with Gasteiger partial charge in [0, 0.05) is 12.0 Å². The van der Waals surface area contributed by atoms with E-state index >= 15 is 0 Å². The fourth-order valence-electron chi connectivity index (χ4n) is 2.33. The molecule has 0 aliphatic rings. The Morgan fingerprint density at radius 3 is 2.16 bits per heavy atom. The molecule has 2 aromatic carbocycles. The molecule has 0 saturated heterocycles. The predicted octanol–water partition coefficient (Wildman–Crippen LogP) is 3.15. The highest BCUT2D eigenvalue weighted by atomic mass is 16.5. The van der Waals surface area contributed by atoms with Crippen molar-refractivity contribution in [3.05, 3.63) is 65.7 Å². The van der Waals surface area contributed by atoms with Crippen LogP contribution < -0.4 is 10.5 Å². The van der Waals surface area contributed by atoms with Crippen LogP contribution in [0.1, 0.15) is 18.1 Å². The monoisotopic (exact) mass is 255 g/mol. The molecule has 2 aromatic rings. The second-order valence-corrected chi connectivity index (χ2v) is 5.16. The molecule has 0 aromatic heterocycles. The van der Waals surface area contributed by atoms with Crippen LogP contribution in [0.5, 0.6) is 5.75 Å². The summed E-state index contributed by atoms with van der Waals surface area (Å²) in [5.74, 6) is 0.887. The molecule has 1 unspecified atom stereocenters. The summed E-state index contributed by atoms with van der Waals surface area (Å²) in [5.41, 5.74) is 8.55. The first kappa shape index (κ1) is 13.6. The first-order chi connectivity index (χ1) is 9.18. The van der Waals surface area contributed by atoms with Gasteiger partial charge in [0.15, 0.2) is 0 Å². The summed E-state index contributed by atoms with van der Waals surface area (Å²) in [5, 5.41) is 0. The molecule has 19 heavy (non-hydrogen) atoms. The first-order valence-electron chi connectivity index (χ1n) is 6.56. The summed E-state index contributed by atoms with van der Waals surface area (Å²) in [6.45, 7) is 2.84. The molecule has 0 saturated carbocycles. The van der Waals surface area contributed by atoms with Crippen molar-refractivity contribution < 1.29 is 4.74 Å². The molecule has 0 aliphatic heterocycles. The molecule has 2 rings (SSSR count). The van der Waals surface area contributed by atoms with Gasteiger partial charge in [-0.15, -0.1) is 0 Å². The van der Waals surface area contributed by atoms with E-state index < -0.39 is 0 Å². The Morgan fingerprint density at radius 2 is 1.63 bits per heavy atom. The molecular formula is C17H21NO. The van der Waals surface area contributed by atoms with Gasteiger partial charge in [-0.1, -0.05) is 49.4 Å². The second-order valence-electron chi connectivity index (χ2n) is 5.16. The molecule has 0 aliphatic carbocycles. The van der Waals surface area contributed by atoms with Gasteiger partial charge in [-0.05, 0) is 29.7 Å². The second kappa shape index (κ2) is 5.89. The van der Waals surface area contributed by atoms with Gasteiger partial charge in [-0.25, -0.2) is 0 Å². The van der Waals surface area contributed by atoms with Crippen LogP contribution in [0.2, 0.25) is 0 Å². The molecule has 0 bridgehead atoms. The summed E-state index contributed by atoms with van der Waals surface area (Å²) in [4.78, 5) is 0. The predicted molar refractivity (Wildman–Crippen MR) is 79.5 cm³/mol. The maximum absolute atomic E-state index is 6.02. The van der Waals surface area contributed by atoms with Crippen LogP contribution in [0, 0.1) is 0 Å². The molecule has 2 nitrogen and oxygen atoms in total. The van der Waals surface area contributed by atoms with Gasteiger partial charge in [0.2, 0.25) is 0 Å². The molecule has 1 atom stereocenters. The lowest BCUT2D eigenvalue weighted by Gasteiger charge is -2.29. The molecule has 0 heterocycles. The Labute approximate surface area is 115 Å². The van der Waals surface area contributed by atoms with Gasteiger partial charge >= 0.3 is 0 Å². The number of ether oxygens (including phenoxy) is 1. The van der Waals surface area contributed by atoms with Crippen LogP contribution in [0.25, 0.3) is 0 Å². The summed E-state index contributed by atoms with van der Waals surface area (Å²) in [7, 11) is 1.68. The van der Waals surface area contributed by atoms with Crippen molar-refractivity contribution >= 4 is 0 Å². The molecule has 0 amide bonds. The molecule has 2 heteroatoms. The highest BCUT2D eigenvalue weighted by Crippen LogP contribution is 2.27. The summed E-state index contributed by atoms with van der Waals surface area (Å²) >= 11 is 0. The third-order valence-electron chi connectivity index (χ3n) is 3.67. The van der Waals surface area contributed by atoms with Crippen LogP contribution >= 0.6 is 0 Å². The van der Waals surface area contributed by atoms with Crippen LogP contribution in [0.15, 0.2) is 54.6 Å². The molecular weight excluding hydrogens is 234 g/mol. The summed E-state index contributed by atoms with van der Waals surface area (Å²) < 4.78 is 5.19. The van der Waals surface area contributed by atoms with Crippen molar-refractivity contribution in [1.82, 2.24) is 0 Å². The Balaban J connectivity index is 2.22. The average molecular weight is 255 g/mol. The van der Waals surface area contributed by atoms with Gasteiger partial charge in [0.25, 0.3) is 0 Å². The minimum Gasteiger partial charge on any atom is -0.497 e. The van der Waals surface area contributed by atoms with E-state index in [1.54, 1.807) is 7.11 Å². The SMILES string of the molecule is COc1ccc(CC(C)(CN)c2ccccc2)cc1. The van der Waals surface area contributed by atoms with Gasteiger partial charge in [0.05, 0.1) is 7.11 Å². The fourth-order valence-corrected chi connectivity index (χ4v) is 2.33. The van der Waals surface area contributed by atoms with Gasteiger partial charge < -0.3 is 10.5 Å². The van der Waals surface area contributed by atoms with Crippen molar-refractivity contribution in [3.63, 3.8) is 0 Å². The summed E-state index contributed by atoms with van der Waals surface area (Å²) in [6.07, 6.45) is 0.928. The lowest BCUT2D eigenvalue weighted by Crippen LogP contribution is -2.34. The fraction of sp³-hybridized carbons (Fsp3) is 0.294. The topological polar surface area (TPSA) is 35.2 Å². The highest BCUT2D eigenvalue weighted by molar-refractivity contribution is 5.32. The number of hydrogen-bond acceptors (Lipinski definition) is 2. The van der Waals surface area contributed by atoms with Crippen molar-refractivity contribution in [2.75, 3.05) is 13.7 Å². The normalized spacial score (nSPS) is 13.8. The standard InChI is InChI=1S/C17H21NO/c1-17(13-18,15-6-4-3-5-7-15)12-14-8-10-16(19-2)11-9-14/h3-11H,12-13,18H2,1-2H3. The number of nitrogens with two attached hydrogens (primary N) is 1. The van der Waals surface area contributed by atoms with Crippen molar-refractivity contribution in [2.24, 2.45) is 5.73 Å².